The first-order valence-corrected chi connectivity index (χ1v) is 6.13. The van der Waals surface area contributed by atoms with Gasteiger partial charge in [0.25, 0.3) is 5.91 Å². The Bertz CT molecular complexity index is 584. The summed E-state index contributed by atoms with van der Waals surface area (Å²) in [5, 5.41) is 13.3. The van der Waals surface area contributed by atoms with Crippen molar-refractivity contribution >= 4 is 23.9 Å². The van der Waals surface area contributed by atoms with Crippen molar-refractivity contribution in [2.24, 2.45) is 0 Å². The lowest BCUT2D eigenvalue weighted by atomic mass is 10.1. The highest BCUT2D eigenvalue weighted by molar-refractivity contribution is 5.95. The highest BCUT2D eigenvalue weighted by Gasteiger charge is 2.11. The maximum atomic E-state index is 13.8. The normalized spacial score (nSPS) is 10.4. The lowest BCUT2D eigenvalue weighted by Crippen LogP contribution is -2.29. The number of nitrogens with one attached hydrogen (secondary N) is 2. The highest BCUT2D eigenvalue weighted by atomic mass is 19.1. The fourth-order valence-corrected chi connectivity index (χ4v) is 1.50. The van der Waals surface area contributed by atoms with E-state index in [-0.39, 0.29) is 24.4 Å². The molecular formula is C14H15FN2O4. The predicted octanol–water partition coefficient (Wildman–Crippen LogP) is 0.789. The largest absolute Gasteiger partial charge is 0.478 e. The third-order valence-electron chi connectivity index (χ3n) is 2.57. The number of carboxylic acid groups (broad SMARTS) is 1. The molecule has 0 radical (unpaired) electrons. The minimum Gasteiger partial charge on any atom is -0.478 e. The second-order valence-electron chi connectivity index (χ2n) is 4.09. The van der Waals surface area contributed by atoms with Crippen LogP contribution in [0, 0.1) is 5.82 Å². The zero-order chi connectivity index (χ0) is 15.8. The lowest BCUT2D eigenvalue weighted by Gasteiger charge is -2.06. The van der Waals surface area contributed by atoms with E-state index in [1.807, 2.05) is 0 Å². The summed E-state index contributed by atoms with van der Waals surface area (Å²) in [5.41, 5.74) is 0.163. The van der Waals surface area contributed by atoms with Gasteiger partial charge in [0.2, 0.25) is 5.91 Å². The monoisotopic (exact) mass is 294 g/mol. The smallest absolute Gasteiger partial charge is 0.328 e. The molecule has 0 heterocycles. The number of halogens is 1. The second kappa shape index (κ2) is 7.78. The van der Waals surface area contributed by atoms with Gasteiger partial charge in [0, 0.05) is 26.1 Å². The minimum atomic E-state index is -1.15. The first-order chi connectivity index (χ1) is 9.93. The molecule has 1 aromatic carbocycles. The Morgan fingerprint density at radius 1 is 1.33 bits per heavy atom. The van der Waals surface area contributed by atoms with Gasteiger partial charge in [-0.3, -0.25) is 9.59 Å². The van der Waals surface area contributed by atoms with Crippen LogP contribution in [0.4, 0.5) is 4.39 Å². The maximum Gasteiger partial charge on any atom is 0.328 e. The molecule has 0 fully saturated rings. The number of benzene rings is 1. The number of carboxylic acids is 1. The Hall–Kier alpha value is -2.70. The van der Waals surface area contributed by atoms with Gasteiger partial charge in [-0.2, -0.15) is 0 Å². The van der Waals surface area contributed by atoms with Crippen molar-refractivity contribution in [1.29, 1.82) is 0 Å². The van der Waals surface area contributed by atoms with Crippen LogP contribution in [0.15, 0.2) is 24.3 Å². The van der Waals surface area contributed by atoms with Crippen LogP contribution in [0.3, 0.4) is 0 Å². The summed E-state index contributed by atoms with van der Waals surface area (Å²) in [4.78, 5) is 33.0. The van der Waals surface area contributed by atoms with Crippen molar-refractivity contribution in [2.75, 3.05) is 13.6 Å². The molecule has 0 unspecified atom stereocenters. The first-order valence-electron chi connectivity index (χ1n) is 6.13. The van der Waals surface area contributed by atoms with Gasteiger partial charge in [-0.05, 0) is 23.8 Å². The number of hydrogen-bond acceptors (Lipinski definition) is 3. The van der Waals surface area contributed by atoms with E-state index >= 15 is 0 Å². The number of amides is 2. The molecule has 0 saturated heterocycles. The van der Waals surface area contributed by atoms with Crippen molar-refractivity contribution < 1.29 is 23.9 Å². The van der Waals surface area contributed by atoms with Crippen LogP contribution >= 0.6 is 0 Å². The fraction of sp³-hybridized carbons (Fsp3) is 0.214. The molecule has 6 nitrogen and oxygen atoms in total. The summed E-state index contributed by atoms with van der Waals surface area (Å²) in [7, 11) is 1.48. The number of hydrogen-bond donors (Lipinski definition) is 3. The number of aliphatic carboxylic acids is 1. The van der Waals surface area contributed by atoms with E-state index in [1.54, 1.807) is 0 Å². The first kappa shape index (κ1) is 16.4. The standard InChI is InChI=1S/C14H15FN2O4/c1-16-12(18)6-7-17-14(21)10-4-2-9(8-11(10)15)3-5-13(19)20/h2-5,8H,6-7H2,1H3,(H,16,18)(H,17,21)(H,19,20). The molecular weight excluding hydrogens is 279 g/mol. The van der Waals surface area contributed by atoms with Gasteiger partial charge in [0.1, 0.15) is 5.82 Å². The molecule has 0 aliphatic heterocycles. The topological polar surface area (TPSA) is 95.5 Å². The molecule has 0 bridgehead atoms. The fourth-order valence-electron chi connectivity index (χ4n) is 1.50. The molecule has 0 spiro atoms. The minimum absolute atomic E-state index is 0.0958. The third-order valence-corrected chi connectivity index (χ3v) is 2.57. The van der Waals surface area contributed by atoms with Crippen LogP contribution in [0.2, 0.25) is 0 Å². The molecule has 0 aliphatic rings. The Morgan fingerprint density at radius 2 is 2.05 bits per heavy atom. The van der Waals surface area contributed by atoms with Crippen molar-refractivity contribution in [3.63, 3.8) is 0 Å². The van der Waals surface area contributed by atoms with Crippen LogP contribution in [-0.4, -0.2) is 36.5 Å². The Kier molecular flexibility index (Phi) is 6.06. The summed E-state index contributed by atoms with van der Waals surface area (Å²) in [6.07, 6.45) is 2.19. The van der Waals surface area contributed by atoms with Crippen LogP contribution in [-0.2, 0) is 9.59 Å². The Balaban J connectivity index is 2.69. The van der Waals surface area contributed by atoms with E-state index < -0.39 is 17.7 Å². The summed E-state index contributed by atoms with van der Waals surface area (Å²) in [6, 6.07) is 3.75. The van der Waals surface area contributed by atoms with Crippen LogP contribution in [0.1, 0.15) is 22.3 Å². The zero-order valence-corrected chi connectivity index (χ0v) is 11.4. The van der Waals surface area contributed by atoms with E-state index in [4.69, 9.17) is 5.11 Å². The number of rotatable bonds is 6. The molecule has 1 rings (SSSR count). The van der Waals surface area contributed by atoms with E-state index in [2.05, 4.69) is 10.6 Å². The molecule has 112 valence electrons. The van der Waals surface area contributed by atoms with Crippen molar-refractivity contribution in [3.05, 3.63) is 41.2 Å². The van der Waals surface area contributed by atoms with Crippen LogP contribution in [0.25, 0.3) is 6.08 Å². The van der Waals surface area contributed by atoms with Gasteiger partial charge >= 0.3 is 5.97 Å². The molecule has 1 aromatic rings. The summed E-state index contributed by atoms with van der Waals surface area (Å²) in [6.45, 7) is 0.0958. The third kappa shape index (κ3) is 5.43. The molecule has 0 atom stereocenters. The molecule has 0 aromatic heterocycles. The molecule has 3 N–H and O–H groups in total. The molecule has 7 heteroatoms. The average molecular weight is 294 g/mol. The molecule has 21 heavy (non-hydrogen) atoms. The maximum absolute atomic E-state index is 13.8. The molecule has 0 aliphatic carbocycles. The van der Waals surface area contributed by atoms with Gasteiger partial charge in [-0.1, -0.05) is 6.07 Å². The average Bonchev–Trinajstić information content (AvgIpc) is 2.44. The van der Waals surface area contributed by atoms with E-state index in [1.165, 1.54) is 25.3 Å². The lowest BCUT2D eigenvalue weighted by molar-refractivity contribution is -0.131. The van der Waals surface area contributed by atoms with Gasteiger partial charge < -0.3 is 15.7 Å². The summed E-state index contributed by atoms with van der Waals surface area (Å²) < 4.78 is 13.8. The van der Waals surface area contributed by atoms with Gasteiger partial charge in [0.05, 0.1) is 5.56 Å². The quantitative estimate of drug-likeness (QED) is 0.676. The molecule has 2 amide bonds. The second-order valence-corrected chi connectivity index (χ2v) is 4.09. The number of carbonyl (C=O) groups is 3. The van der Waals surface area contributed by atoms with Gasteiger partial charge in [0.15, 0.2) is 0 Å². The van der Waals surface area contributed by atoms with Crippen molar-refractivity contribution in [1.82, 2.24) is 10.6 Å². The van der Waals surface area contributed by atoms with Gasteiger partial charge in [-0.15, -0.1) is 0 Å². The molecule has 0 saturated carbocycles. The van der Waals surface area contributed by atoms with Crippen LogP contribution in [0.5, 0.6) is 0 Å². The Labute approximate surface area is 120 Å². The van der Waals surface area contributed by atoms with Gasteiger partial charge in [-0.25, -0.2) is 9.18 Å². The van der Waals surface area contributed by atoms with Crippen molar-refractivity contribution in [2.45, 2.75) is 6.42 Å². The Morgan fingerprint density at radius 3 is 2.62 bits per heavy atom. The van der Waals surface area contributed by atoms with E-state index in [9.17, 15) is 18.8 Å². The summed E-state index contributed by atoms with van der Waals surface area (Å²) in [5.74, 6) is -2.78. The van der Waals surface area contributed by atoms with E-state index in [0.717, 1.165) is 12.1 Å². The predicted molar refractivity (Wildman–Crippen MR) is 74.1 cm³/mol. The van der Waals surface area contributed by atoms with Crippen LogP contribution < -0.4 is 10.6 Å². The summed E-state index contributed by atoms with van der Waals surface area (Å²) >= 11 is 0. The SMILES string of the molecule is CNC(=O)CCNC(=O)c1ccc(C=CC(=O)O)cc1F. The van der Waals surface area contributed by atoms with E-state index in [0.29, 0.717) is 5.56 Å². The zero-order valence-electron chi connectivity index (χ0n) is 11.4. The highest BCUT2D eigenvalue weighted by Crippen LogP contribution is 2.12. The number of carbonyl (C=O) groups excluding carboxylic acids is 2. The van der Waals surface area contributed by atoms with Crippen molar-refractivity contribution in [3.8, 4) is 0 Å².